The molecule has 3 heterocycles. The fourth-order valence-electron chi connectivity index (χ4n) is 3.12. The molecular weight excluding hydrogens is 419 g/mol. The van der Waals surface area contributed by atoms with Crippen molar-refractivity contribution in [3.8, 4) is 11.3 Å². The van der Waals surface area contributed by atoms with E-state index in [1.165, 1.54) is 11.3 Å². The van der Waals surface area contributed by atoms with Crippen LogP contribution in [0.25, 0.3) is 11.3 Å². The van der Waals surface area contributed by atoms with E-state index in [1.807, 2.05) is 17.5 Å². The van der Waals surface area contributed by atoms with Gasteiger partial charge in [-0.15, -0.1) is 11.3 Å². The summed E-state index contributed by atoms with van der Waals surface area (Å²) in [6.07, 6.45) is 0. The van der Waals surface area contributed by atoms with Crippen LogP contribution in [0.3, 0.4) is 0 Å². The van der Waals surface area contributed by atoms with Crippen molar-refractivity contribution in [2.75, 3.05) is 26.2 Å². The third kappa shape index (κ3) is 3.68. The molecule has 0 spiro atoms. The van der Waals surface area contributed by atoms with Crippen molar-refractivity contribution in [1.82, 2.24) is 9.80 Å². The molecule has 0 bridgehead atoms. The normalized spacial score (nSPS) is 14.4. The summed E-state index contributed by atoms with van der Waals surface area (Å²) in [5.41, 5.74) is 0.639. The molecular formula is C20H16Cl2N2O3S. The van der Waals surface area contributed by atoms with Crippen molar-refractivity contribution in [3.05, 3.63) is 68.5 Å². The molecule has 5 nitrogen and oxygen atoms in total. The average molecular weight is 435 g/mol. The molecule has 2 amide bonds. The van der Waals surface area contributed by atoms with E-state index < -0.39 is 0 Å². The standard InChI is InChI=1S/C20H16Cl2N2O3S/c21-14-4-1-3-13(18(14)22)15-6-7-16(27-15)19(25)23-8-10-24(11-9-23)20(26)17-5-2-12-28-17/h1-7,12H,8-11H2. The summed E-state index contributed by atoms with van der Waals surface area (Å²) < 4.78 is 5.74. The highest BCUT2D eigenvalue weighted by atomic mass is 35.5. The molecule has 0 saturated carbocycles. The van der Waals surface area contributed by atoms with Crippen molar-refractivity contribution in [2.45, 2.75) is 0 Å². The van der Waals surface area contributed by atoms with Gasteiger partial charge in [-0.25, -0.2) is 0 Å². The van der Waals surface area contributed by atoms with Crippen molar-refractivity contribution in [1.29, 1.82) is 0 Å². The Morgan fingerprint density at radius 2 is 1.61 bits per heavy atom. The second-order valence-corrected chi connectivity index (χ2v) is 8.06. The molecule has 0 N–H and O–H groups in total. The first-order valence-electron chi connectivity index (χ1n) is 8.71. The number of hydrogen-bond acceptors (Lipinski definition) is 4. The summed E-state index contributed by atoms with van der Waals surface area (Å²) in [6.45, 7) is 1.92. The number of thiophene rings is 1. The van der Waals surface area contributed by atoms with Crippen LogP contribution >= 0.6 is 34.5 Å². The lowest BCUT2D eigenvalue weighted by atomic mass is 10.2. The van der Waals surface area contributed by atoms with Crippen LogP contribution in [0.15, 0.2) is 52.3 Å². The van der Waals surface area contributed by atoms with Crippen LogP contribution in [0, 0.1) is 0 Å². The maximum atomic E-state index is 12.8. The number of amides is 2. The molecule has 0 aliphatic carbocycles. The molecule has 1 aromatic carbocycles. The minimum atomic E-state index is -0.201. The Kier molecular flexibility index (Phi) is 5.44. The highest BCUT2D eigenvalue weighted by molar-refractivity contribution is 7.12. The summed E-state index contributed by atoms with van der Waals surface area (Å²) in [4.78, 5) is 29.4. The Labute approximate surface area is 176 Å². The van der Waals surface area contributed by atoms with E-state index >= 15 is 0 Å². The van der Waals surface area contributed by atoms with E-state index in [4.69, 9.17) is 27.6 Å². The van der Waals surface area contributed by atoms with Gasteiger partial charge in [0.1, 0.15) is 5.76 Å². The SMILES string of the molecule is O=C(c1ccc(-c2cccc(Cl)c2Cl)o1)N1CCN(C(=O)c2cccs2)CC1. The van der Waals surface area contributed by atoms with Gasteiger partial charge in [0.05, 0.1) is 14.9 Å². The highest BCUT2D eigenvalue weighted by Crippen LogP contribution is 2.34. The van der Waals surface area contributed by atoms with Crippen LogP contribution in [-0.4, -0.2) is 47.8 Å². The first-order valence-corrected chi connectivity index (χ1v) is 10.3. The number of carbonyl (C=O) groups excluding carboxylic acids is 2. The predicted octanol–water partition coefficient (Wildman–Crippen LogP) is 4.91. The minimum absolute atomic E-state index is 0.0120. The Morgan fingerprint density at radius 1 is 0.893 bits per heavy atom. The minimum Gasteiger partial charge on any atom is -0.451 e. The van der Waals surface area contributed by atoms with Gasteiger partial charge in [0.2, 0.25) is 0 Å². The fraction of sp³-hybridized carbons (Fsp3) is 0.200. The van der Waals surface area contributed by atoms with Gasteiger partial charge in [-0.3, -0.25) is 9.59 Å². The van der Waals surface area contributed by atoms with E-state index in [0.717, 1.165) is 0 Å². The lowest BCUT2D eigenvalue weighted by Crippen LogP contribution is -2.50. The number of halogens is 2. The zero-order valence-corrected chi connectivity index (χ0v) is 17.1. The zero-order chi connectivity index (χ0) is 19.7. The Balaban J connectivity index is 1.43. The quantitative estimate of drug-likeness (QED) is 0.587. The zero-order valence-electron chi connectivity index (χ0n) is 14.7. The van der Waals surface area contributed by atoms with Gasteiger partial charge in [0, 0.05) is 31.7 Å². The van der Waals surface area contributed by atoms with Gasteiger partial charge in [-0.05, 0) is 35.7 Å². The molecule has 3 aromatic rings. The molecule has 4 rings (SSSR count). The second-order valence-electron chi connectivity index (χ2n) is 6.33. The second kappa shape index (κ2) is 7.99. The van der Waals surface area contributed by atoms with E-state index in [1.54, 1.807) is 40.1 Å². The monoisotopic (exact) mass is 434 g/mol. The average Bonchev–Trinajstić information content (AvgIpc) is 3.41. The van der Waals surface area contributed by atoms with E-state index in [2.05, 4.69) is 0 Å². The summed E-state index contributed by atoms with van der Waals surface area (Å²) in [5, 5.41) is 2.70. The third-order valence-corrected chi connectivity index (χ3v) is 6.30. The first-order chi connectivity index (χ1) is 13.5. The molecule has 144 valence electrons. The summed E-state index contributed by atoms with van der Waals surface area (Å²) in [5.74, 6) is 0.539. The number of benzene rings is 1. The number of hydrogen-bond donors (Lipinski definition) is 0. The largest absolute Gasteiger partial charge is 0.451 e. The van der Waals surface area contributed by atoms with Crippen LogP contribution in [0.1, 0.15) is 20.2 Å². The van der Waals surface area contributed by atoms with E-state index in [-0.39, 0.29) is 17.6 Å². The van der Waals surface area contributed by atoms with Crippen molar-refractivity contribution >= 4 is 46.4 Å². The van der Waals surface area contributed by atoms with Crippen molar-refractivity contribution in [2.24, 2.45) is 0 Å². The van der Waals surface area contributed by atoms with Gasteiger partial charge >= 0.3 is 0 Å². The van der Waals surface area contributed by atoms with E-state index in [0.29, 0.717) is 52.4 Å². The van der Waals surface area contributed by atoms with Crippen LogP contribution in [0.5, 0.6) is 0 Å². The summed E-state index contributed by atoms with van der Waals surface area (Å²) in [7, 11) is 0. The molecule has 2 aromatic heterocycles. The predicted molar refractivity (Wildman–Crippen MR) is 110 cm³/mol. The van der Waals surface area contributed by atoms with Crippen LogP contribution in [0.4, 0.5) is 0 Å². The number of rotatable bonds is 3. The molecule has 8 heteroatoms. The molecule has 0 radical (unpaired) electrons. The molecule has 1 aliphatic rings. The number of piperazine rings is 1. The Bertz CT molecular complexity index is 1010. The Morgan fingerprint density at radius 3 is 2.29 bits per heavy atom. The van der Waals surface area contributed by atoms with Crippen molar-refractivity contribution < 1.29 is 14.0 Å². The van der Waals surface area contributed by atoms with E-state index in [9.17, 15) is 9.59 Å². The molecule has 0 atom stereocenters. The molecule has 1 aliphatic heterocycles. The molecule has 1 saturated heterocycles. The van der Waals surface area contributed by atoms with Crippen LogP contribution in [-0.2, 0) is 0 Å². The van der Waals surface area contributed by atoms with Gasteiger partial charge in [0.25, 0.3) is 11.8 Å². The van der Waals surface area contributed by atoms with Crippen molar-refractivity contribution in [3.63, 3.8) is 0 Å². The number of carbonyl (C=O) groups is 2. The fourth-order valence-corrected chi connectivity index (χ4v) is 4.20. The van der Waals surface area contributed by atoms with Crippen LogP contribution in [0.2, 0.25) is 10.0 Å². The molecule has 28 heavy (non-hydrogen) atoms. The molecule has 1 fully saturated rings. The topological polar surface area (TPSA) is 53.8 Å². The first kappa shape index (κ1) is 19.1. The summed E-state index contributed by atoms with van der Waals surface area (Å²) >= 11 is 13.7. The maximum Gasteiger partial charge on any atom is 0.289 e. The number of furan rings is 1. The van der Waals surface area contributed by atoms with Gasteiger partial charge < -0.3 is 14.2 Å². The number of nitrogens with zero attached hydrogens (tertiary/aromatic N) is 2. The lowest BCUT2D eigenvalue weighted by Gasteiger charge is -2.34. The third-order valence-electron chi connectivity index (χ3n) is 4.62. The molecule has 0 unspecified atom stereocenters. The van der Waals surface area contributed by atoms with Gasteiger partial charge in [-0.1, -0.05) is 35.3 Å². The van der Waals surface area contributed by atoms with Crippen LogP contribution < -0.4 is 0 Å². The highest BCUT2D eigenvalue weighted by Gasteiger charge is 2.27. The van der Waals surface area contributed by atoms with Gasteiger partial charge in [-0.2, -0.15) is 0 Å². The maximum absolute atomic E-state index is 12.8. The van der Waals surface area contributed by atoms with Gasteiger partial charge in [0.15, 0.2) is 5.76 Å². The summed E-state index contributed by atoms with van der Waals surface area (Å²) in [6, 6.07) is 12.3. The Hall–Kier alpha value is -2.28. The lowest BCUT2D eigenvalue weighted by molar-refractivity contribution is 0.0521. The smallest absolute Gasteiger partial charge is 0.289 e.